The number of halogens is 2. The normalized spacial score (nSPS) is 20.2. The minimum atomic E-state index is 0. The van der Waals surface area contributed by atoms with Crippen LogP contribution in [0, 0.1) is 18.8 Å². The van der Waals surface area contributed by atoms with Crippen molar-refractivity contribution in [2.24, 2.45) is 11.8 Å². The molecule has 1 atom stereocenters. The second kappa shape index (κ2) is 8.87. The van der Waals surface area contributed by atoms with E-state index < -0.39 is 0 Å². The summed E-state index contributed by atoms with van der Waals surface area (Å²) >= 11 is 0. The van der Waals surface area contributed by atoms with Gasteiger partial charge in [-0.2, -0.15) is 0 Å². The summed E-state index contributed by atoms with van der Waals surface area (Å²) in [6.45, 7) is 10.2. The van der Waals surface area contributed by atoms with Gasteiger partial charge in [-0.1, -0.05) is 12.1 Å². The molecule has 1 aromatic rings. The van der Waals surface area contributed by atoms with Gasteiger partial charge in [0.1, 0.15) is 0 Å². The molecular weight excluding hydrogens is 339 g/mol. The quantitative estimate of drug-likeness (QED) is 0.872. The minimum Gasteiger partial charge on any atom is -0.360 e. The van der Waals surface area contributed by atoms with Crippen LogP contribution in [0.15, 0.2) is 10.6 Å². The number of carbonyl (C=O) groups is 1. The molecule has 1 aromatic heterocycles. The van der Waals surface area contributed by atoms with E-state index in [1.807, 2.05) is 17.9 Å². The fourth-order valence-corrected chi connectivity index (χ4v) is 2.99. The van der Waals surface area contributed by atoms with Crippen molar-refractivity contribution >= 4 is 30.7 Å². The Morgan fingerprint density at radius 2 is 2.00 bits per heavy atom. The lowest BCUT2D eigenvalue weighted by atomic mass is 9.88. The van der Waals surface area contributed by atoms with Gasteiger partial charge < -0.3 is 14.7 Å². The van der Waals surface area contributed by atoms with Gasteiger partial charge >= 0.3 is 0 Å². The number of hydrogen-bond donors (Lipinski definition) is 1. The smallest absolute Gasteiger partial charge is 0.225 e. The molecular formula is C15H26Cl2N4O2. The van der Waals surface area contributed by atoms with E-state index in [0.717, 1.165) is 57.3 Å². The number of aryl methyl sites for hydroxylation is 1. The standard InChI is InChI=1S/C15H24N4O2.2ClH/c1-11-7-14(21-17-11)10-18-3-5-19(6-4-18)15(20)12(2)13-8-16-9-13;;/h7,12-13,16H,3-6,8-10H2,1-2H3;2*1H. The highest BCUT2D eigenvalue weighted by Crippen LogP contribution is 2.19. The van der Waals surface area contributed by atoms with Crippen molar-refractivity contribution in [1.82, 2.24) is 20.3 Å². The first-order valence-corrected chi connectivity index (χ1v) is 7.77. The van der Waals surface area contributed by atoms with Crippen LogP contribution in [0.25, 0.3) is 0 Å². The molecule has 23 heavy (non-hydrogen) atoms. The zero-order chi connectivity index (χ0) is 14.8. The van der Waals surface area contributed by atoms with Crippen LogP contribution in [0.3, 0.4) is 0 Å². The molecule has 0 radical (unpaired) electrons. The SMILES string of the molecule is Cc1cc(CN2CCN(C(=O)C(C)C3CNC3)CC2)on1.Cl.Cl. The lowest BCUT2D eigenvalue weighted by Crippen LogP contribution is -2.54. The van der Waals surface area contributed by atoms with Crippen LogP contribution >= 0.6 is 24.8 Å². The molecule has 1 unspecified atom stereocenters. The largest absolute Gasteiger partial charge is 0.360 e. The monoisotopic (exact) mass is 364 g/mol. The maximum Gasteiger partial charge on any atom is 0.225 e. The highest BCUT2D eigenvalue weighted by Gasteiger charge is 2.32. The van der Waals surface area contributed by atoms with E-state index in [-0.39, 0.29) is 30.7 Å². The molecule has 2 aliphatic rings. The Labute approximate surface area is 149 Å². The van der Waals surface area contributed by atoms with Gasteiger partial charge in [-0.25, -0.2) is 0 Å². The highest BCUT2D eigenvalue weighted by molar-refractivity contribution is 5.85. The van der Waals surface area contributed by atoms with Gasteiger partial charge in [-0.05, 0) is 25.9 Å². The van der Waals surface area contributed by atoms with E-state index in [2.05, 4.69) is 22.3 Å². The van der Waals surface area contributed by atoms with Crippen molar-refractivity contribution in [2.75, 3.05) is 39.3 Å². The number of carbonyl (C=O) groups excluding carboxylic acids is 1. The summed E-state index contributed by atoms with van der Waals surface area (Å²) in [5.41, 5.74) is 0.918. The van der Waals surface area contributed by atoms with E-state index in [4.69, 9.17) is 4.52 Å². The van der Waals surface area contributed by atoms with Gasteiger partial charge in [-0.3, -0.25) is 9.69 Å². The van der Waals surface area contributed by atoms with Crippen molar-refractivity contribution < 1.29 is 9.32 Å². The van der Waals surface area contributed by atoms with E-state index in [1.165, 1.54) is 0 Å². The molecule has 2 fully saturated rings. The lowest BCUT2D eigenvalue weighted by molar-refractivity contribution is -0.139. The number of aromatic nitrogens is 1. The van der Waals surface area contributed by atoms with Crippen LogP contribution in [0.1, 0.15) is 18.4 Å². The van der Waals surface area contributed by atoms with E-state index in [0.29, 0.717) is 11.8 Å². The first-order chi connectivity index (χ1) is 10.1. The van der Waals surface area contributed by atoms with Crippen molar-refractivity contribution in [3.8, 4) is 0 Å². The second-order valence-corrected chi connectivity index (χ2v) is 6.24. The molecule has 6 nitrogen and oxygen atoms in total. The van der Waals surface area contributed by atoms with Crippen LogP contribution in [0.2, 0.25) is 0 Å². The fraction of sp³-hybridized carbons (Fsp3) is 0.733. The van der Waals surface area contributed by atoms with Gasteiger partial charge in [0.15, 0.2) is 5.76 Å². The number of nitrogens with one attached hydrogen (secondary N) is 1. The molecule has 2 aliphatic heterocycles. The summed E-state index contributed by atoms with van der Waals surface area (Å²) in [4.78, 5) is 16.8. The fourth-order valence-electron chi connectivity index (χ4n) is 2.99. The number of piperazine rings is 1. The summed E-state index contributed by atoms with van der Waals surface area (Å²) in [6.07, 6.45) is 0. The van der Waals surface area contributed by atoms with Crippen LogP contribution < -0.4 is 5.32 Å². The van der Waals surface area contributed by atoms with Crippen molar-refractivity contribution in [2.45, 2.75) is 20.4 Å². The Kier molecular flexibility index (Phi) is 7.80. The predicted molar refractivity (Wildman–Crippen MR) is 93.1 cm³/mol. The number of rotatable bonds is 4. The van der Waals surface area contributed by atoms with Crippen molar-refractivity contribution in [1.29, 1.82) is 0 Å². The van der Waals surface area contributed by atoms with Crippen LogP contribution in [0.4, 0.5) is 0 Å². The first kappa shape index (κ1) is 20.2. The average molecular weight is 365 g/mol. The molecule has 1 N–H and O–H groups in total. The molecule has 0 saturated carbocycles. The minimum absolute atomic E-state index is 0. The van der Waals surface area contributed by atoms with Crippen LogP contribution in [-0.2, 0) is 11.3 Å². The van der Waals surface area contributed by atoms with Gasteiger partial charge in [-0.15, -0.1) is 24.8 Å². The Balaban J connectivity index is 0.00000132. The Hall–Kier alpha value is -0.820. The topological polar surface area (TPSA) is 61.6 Å². The van der Waals surface area contributed by atoms with Gasteiger partial charge in [0.25, 0.3) is 0 Å². The maximum atomic E-state index is 12.5. The Morgan fingerprint density at radius 1 is 1.35 bits per heavy atom. The van der Waals surface area contributed by atoms with Crippen LogP contribution in [-0.4, -0.2) is 60.1 Å². The Bertz CT molecular complexity index is 499. The highest BCUT2D eigenvalue weighted by atomic mass is 35.5. The molecule has 2 saturated heterocycles. The zero-order valence-corrected chi connectivity index (χ0v) is 15.3. The Morgan fingerprint density at radius 3 is 2.48 bits per heavy atom. The van der Waals surface area contributed by atoms with Gasteiger partial charge in [0.2, 0.25) is 5.91 Å². The molecule has 3 heterocycles. The summed E-state index contributed by atoms with van der Waals surface area (Å²) in [5.74, 6) is 1.89. The molecule has 0 spiro atoms. The van der Waals surface area contributed by atoms with E-state index in [1.54, 1.807) is 0 Å². The maximum absolute atomic E-state index is 12.5. The molecule has 0 aliphatic carbocycles. The predicted octanol–water partition coefficient (Wildman–Crippen LogP) is 1.33. The van der Waals surface area contributed by atoms with E-state index in [9.17, 15) is 4.79 Å². The zero-order valence-electron chi connectivity index (χ0n) is 13.7. The third-order valence-electron chi connectivity index (χ3n) is 4.65. The molecule has 132 valence electrons. The molecule has 3 rings (SSSR count). The third kappa shape index (κ3) is 4.83. The van der Waals surface area contributed by atoms with Gasteiger partial charge in [0, 0.05) is 38.2 Å². The number of nitrogens with zero attached hydrogens (tertiary/aromatic N) is 3. The first-order valence-electron chi connectivity index (χ1n) is 7.77. The summed E-state index contributed by atoms with van der Waals surface area (Å²) < 4.78 is 5.25. The summed E-state index contributed by atoms with van der Waals surface area (Å²) in [5, 5.41) is 7.15. The number of amides is 1. The molecule has 0 bridgehead atoms. The van der Waals surface area contributed by atoms with Crippen LogP contribution in [0.5, 0.6) is 0 Å². The summed E-state index contributed by atoms with van der Waals surface area (Å²) in [7, 11) is 0. The van der Waals surface area contributed by atoms with E-state index >= 15 is 0 Å². The molecule has 1 amide bonds. The van der Waals surface area contributed by atoms with Crippen molar-refractivity contribution in [3.63, 3.8) is 0 Å². The van der Waals surface area contributed by atoms with Gasteiger partial charge in [0.05, 0.1) is 12.2 Å². The third-order valence-corrected chi connectivity index (χ3v) is 4.65. The average Bonchev–Trinajstić information content (AvgIpc) is 2.82. The lowest BCUT2D eigenvalue weighted by Gasteiger charge is -2.39. The second-order valence-electron chi connectivity index (χ2n) is 6.24. The molecule has 8 heteroatoms. The molecule has 0 aromatic carbocycles. The van der Waals surface area contributed by atoms with Crippen molar-refractivity contribution in [3.05, 3.63) is 17.5 Å². The summed E-state index contributed by atoms with van der Waals surface area (Å²) in [6, 6.07) is 1.98. The number of hydrogen-bond acceptors (Lipinski definition) is 5.